The average Bonchev–Trinajstić information content (AvgIpc) is 2.95. The summed E-state index contributed by atoms with van der Waals surface area (Å²) >= 11 is 0. The molecule has 0 N–H and O–H groups in total. The normalized spacial score (nSPS) is 12.8. The SMILES string of the molecule is CCCCCC/C=C/c1ccc2oc3ccc4c(/C=C/CCCCCC)ccc5oc6ccc1c2c6-c3c54. The lowest BCUT2D eigenvalue weighted by atomic mass is 9.88. The monoisotopic (exact) mass is 502 g/mol. The highest BCUT2D eigenvalue weighted by Gasteiger charge is 2.25. The first-order chi connectivity index (χ1) is 18.8. The van der Waals surface area contributed by atoms with Crippen molar-refractivity contribution in [2.75, 3.05) is 0 Å². The first-order valence-electron chi connectivity index (χ1n) is 14.7. The minimum absolute atomic E-state index is 0.916. The van der Waals surface area contributed by atoms with E-state index in [2.05, 4.69) is 86.7 Å². The van der Waals surface area contributed by atoms with Gasteiger partial charge in [-0.25, -0.2) is 0 Å². The van der Waals surface area contributed by atoms with Gasteiger partial charge in [-0.05, 0) is 84.0 Å². The van der Waals surface area contributed by atoms with Gasteiger partial charge in [0.2, 0.25) is 0 Å². The third kappa shape index (κ3) is 4.51. The van der Waals surface area contributed by atoms with Crippen LogP contribution in [0.25, 0.3) is 67.2 Å². The maximum Gasteiger partial charge on any atom is 0.136 e. The molecule has 2 nitrogen and oxygen atoms in total. The van der Waals surface area contributed by atoms with E-state index in [0.29, 0.717) is 0 Å². The van der Waals surface area contributed by atoms with Crippen LogP contribution in [0.1, 0.15) is 89.2 Å². The molecule has 0 spiro atoms. The van der Waals surface area contributed by atoms with Crippen molar-refractivity contribution in [3.63, 3.8) is 0 Å². The molecule has 4 aromatic carbocycles. The number of hydrogen-bond acceptors (Lipinski definition) is 2. The second kappa shape index (κ2) is 11.1. The second-order valence-corrected chi connectivity index (χ2v) is 10.7. The molecule has 0 aliphatic carbocycles. The first-order valence-corrected chi connectivity index (χ1v) is 14.7. The molecule has 0 unspecified atom stereocenters. The molecular weight excluding hydrogens is 464 g/mol. The fraction of sp³-hybridized carbons (Fsp3) is 0.333. The van der Waals surface area contributed by atoms with Gasteiger partial charge in [-0.15, -0.1) is 0 Å². The van der Waals surface area contributed by atoms with Crippen molar-refractivity contribution in [1.82, 2.24) is 0 Å². The maximum atomic E-state index is 6.54. The molecule has 0 radical (unpaired) electrons. The van der Waals surface area contributed by atoms with Crippen molar-refractivity contribution >= 4 is 56.0 Å². The summed E-state index contributed by atoms with van der Waals surface area (Å²) < 4.78 is 13.1. The van der Waals surface area contributed by atoms with Gasteiger partial charge in [0.1, 0.15) is 22.3 Å². The summed E-state index contributed by atoms with van der Waals surface area (Å²) in [5.41, 5.74) is 8.51. The predicted octanol–water partition coefficient (Wildman–Crippen LogP) is 12.0. The molecule has 6 rings (SSSR count). The highest BCUT2D eigenvalue weighted by Crippen LogP contribution is 2.49. The van der Waals surface area contributed by atoms with Crippen molar-refractivity contribution in [2.24, 2.45) is 0 Å². The third-order valence-electron chi connectivity index (χ3n) is 8.01. The second-order valence-electron chi connectivity index (χ2n) is 10.7. The van der Waals surface area contributed by atoms with Crippen LogP contribution in [-0.4, -0.2) is 0 Å². The maximum absolute atomic E-state index is 6.54. The summed E-state index contributed by atoms with van der Waals surface area (Å²) in [5.74, 6) is 0. The van der Waals surface area contributed by atoms with Crippen LogP contribution in [0, 0.1) is 0 Å². The highest BCUT2D eigenvalue weighted by atomic mass is 16.3. The average molecular weight is 503 g/mol. The Bertz CT molecular complexity index is 1560. The quantitative estimate of drug-likeness (QED) is 0.0944. The molecule has 0 atom stereocenters. The summed E-state index contributed by atoms with van der Waals surface area (Å²) in [6.07, 6.45) is 21.8. The van der Waals surface area contributed by atoms with Crippen LogP contribution in [0.15, 0.2) is 69.5 Å². The fourth-order valence-corrected chi connectivity index (χ4v) is 6.00. The van der Waals surface area contributed by atoms with Crippen molar-refractivity contribution in [3.05, 3.63) is 71.8 Å². The molecule has 0 amide bonds. The molecule has 2 aliphatic rings. The lowest BCUT2D eigenvalue weighted by Gasteiger charge is -2.20. The Morgan fingerprint density at radius 1 is 0.500 bits per heavy atom. The molecular formula is C36H38O2. The lowest BCUT2D eigenvalue weighted by molar-refractivity contribution is 0.646. The fourth-order valence-electron chi connectivity index (χ4n) is 6.00. The Balaban J connectivity index is 1.44. The van der Waals surface area contributed by atoms with E-state index >= 15 is 0 Å². The van der Waals surface area contributed by atoms with E-state index in [-0.39, 0.29) is 0 Å². The largest absolute Gasteiger partial charge is 0.456 e. The van der Waals surface area contributed by atoms with E-state index in [1.807, 2.05) is 0 Å². The van der Waals surface area contributed by atoms with Crippen molar-refractivity contribution in [3.8, 4) is 11.1 Å². The van der Waals surface area contributed by atoms with Gasteiger partial charge in [0.25, 0.3) is 0 Å². The first kappa shape index (κ1) is 24.8. The van der Waals surface area contributed by atoms with Crippen LogP contribution < -0.4 is 0 Å². The van der Waals surface area contributed by atoms with E-state index in [1.165, 1.54) is 84.4 Å². The summed E-state index contributed by atoms with van der Waals surface area (Å²) in [6, 6.07) is 17.3. The molecule has 194 valence electrons. The summed E-state index contributed by atoms with van der Waals surface area (Å²) in [6.45, 7) is 4.52. The van der Waals surface area contributed by atoms with Gasteiger partial charge < -0.3 is 8.83 Å². The molecule has 0 fully saturated rings. The standard InChI is InChI=1S/C36H38O2/c1-3-5-7-9-11-13-15-25-17-21-29-33-27(25)19-23-31-35(33)36-32(37-29)24-20-28-26(16-14-12-10-8-6-4-2)18-22-30(38-31)34(28)36/h13-24H,3-12H2,1-2H3/b15-13+,16-14+. The van der Waals surface area contributed by atoms with E-state index in [1.54, 1.807) is 0 Å². The van der Waals surface area contributed by atoms with Crippen LogP contribution in [0.3, 0.4) is 0 Å². The molecule has 0 aromatic heterocycles. The van der Waals surface area contributed by atoms with Crippen LogP contribution in [-0.2, 0) is 0 Å². The van der Waals surface area contributed by atoms with E-state index < -0.39 is 0 Å². The van der Waals surface area contributed by atoms with Crippen LogP contribution in [0.5, 0.6) is 0 Å². The van der Waals surface area contributed by atoms with Gasteiger partial charge in [-0.2, -0.15) is 0 Å². The van der Waals surface area contributed by atoms with Crippen LogP contribution in [0.2, 0.25) is 0 Å². The number of allylic oxidation sites excluding steroid dienone is 2. The number of hydrogen-bond donors (Lipinski definition) is 0. The lowest BCUT2D eigenvalue weighted by Crippen LogP contribution is -1.96. The van der Waals surface area contributed by atoms with Crippen molar-refractivity contribution in [1.29, 1.82) is 0 Å². The highest BCUT2D eigenvalue weighted by molar-refractivity contribution is 6.24. The molecule has 4 aromatic rings. The predicted molar refractivity (Wildman–Crippen MR) is 164 cm³/mol. The zero-order chi connectivity index (χ0) is 25.9. The van der Waals surface area contributed by atoms with Gasteiger partial charge >= 0.3 is 0 Å². The molecule has 0 saturated heterocycles. The Kier molecular flexibility index (Phi) is 7.22. The van der Waals surface area contributed by atoms with E-state index in [4.69, 9.17) is 8.83 Å². The van der Waals surface area contributed by atoms with Crippen LogP contribution >= 0.6 is 0 Å². The van der Waals surface area contributed by atoms with Crippen LogP contribution in [0.4, 0.5) is 0 Å². The molecule has 2 heterocycles. The topological polar surface area (TPSA) is 26.3 Å². The molecule has 38 heavy (non-hydrogen) atoms. The minimum atomic E-state index is 0.916. The zero-order valence-corrected chi connectivity index (χ0v) is 22.8. The van der Waals surface area contributed by atoms with Gasteiger partial charge in [0.05, 0.1) is 0 Å². The molecule has 2 aliphatic heterocycles. The number of benzene rings is 4. The Labute approximate surface area is 225 Å². The number of rotatable bonds is 12. The van der Waals surface area contributed by atoms with Gasteiger partial charge in [0.15, 0.2) is 0 Å². The smallest absolute Gasteiger partial charge is 0.136 e. The summed E-state index contributed by atoms with van der Waals surface area (Å²) in [7, 11) is 0. The summed E-state index contributed by atoms with van der Waals surface area (Å²) in [4.78, 5) is 0. The van der Waals surface area contributed by atoms with E-state index in [9.17, 15) is 0 Å². The van der Waals surface area contributed by atoms with Gasteiger partial charge in [-0.3, -0.25) is 0 Å². The Morgan fingerprint density at radius 3 is 1.39 bits per heavy atom. The van der Waals surface area contributed by atoms with Crippen molar-refractivity contribution in [2.45, 2.75) is 78.1 Å². The van der Waals surface area contributed by atoms with Gasteiger partial charge in [-0.1, -0.05) is 88.8 Å². The Morgan fingerprint density at radius 2 is 0.947 bits per heavy atom. The number of unbranched alkanes of at least 4 members (excludes halogenated alkanes) is 8. The zero-order valence-electron chi connectivity index (χ0n) is 22.8. The van der Waals surface area contributed by atoms with E-state index in [0.717, 1.165) is 45.9 Å². The molecule has 2 heteroatoms. The summed E-state index contributed by atoms with van der Waals surface area (Å²) in [5, 5.41) is 4.78. The molecule has 0 saturated carbocycles. The van der Waals surface area contributed by atoms with Crippen molar-refractivity contribution < 1.29 is 8.83 Å². The van der Waals surface area contributed by atoms with Gasteiger partial charge in [0, 0.05) is 21.9 Å². The minimum Gasteiger partial charge on any atom is -0.456 e. The molecule has 0 bridgehead atoms. The third-order valence-corrected chi connectivity index (χ3v) is 8.01. The Hall–Kier alpha value is -3.52.